The van der Waals surface area contributed by atoms with Crippen molar-refractivity contribution in [2.75, 3.05) is 5.73 Å². The van der Waals surface area contributed by atoms with Crippen molar-refractivity contribution in [3.8, 4) is 11.4 Å². The second-order valence-corrected chi connectivity index (χ2v) is 5.95. The Morgan fingerprint density at radius 2 is 2.15 bits per heavy atom. The van der Waals surface area contributed by atoms with Crippen molar-refractivity contribution >= 4 is 5.69 Å². The van der Waals surface area contributed by atoms with Crippen LogP contribution in [-0.4, -0.2) is 20.2 Å². The SMILES string of the molecule is CCCC1(Cn2nnnc2-c2cccc(C)c2N)CC1. The summed E-state index contributed by atoms with van der Waals surface area (Å²) in [6.07, 6.45) is 5.02. The number of nitrogen functional groups attached to an aromatic ring is 1. The summed E-state index contributed by atoms with van der Waals surface area (Å²) in [4.78, 5) is 0. The summed E-state index contributed by atoms with van der Waals surface area (Å²) < 4.78 is 1.92. The number of hydrogen-bond acceptors (Lipinski definition) is 4. The first-order valence-electron chi connectivity index (χ1n) is 7.27. The highest BCUT2D eigenvalue weighted by atomic mass is 15.5. The van der Waals surface area contributed by atoms with E-state index in [2.05, 4.69) is 22.4 Å². The molecule has 2 aromatic rings. The van der Waals surface area contributed by atoms with E-state index >= 15 is 0 Å². The van der Waals surface area contributed by atoms with Gasteiger partial charge in [0.1, 0.15) is 0 Å². The van der Waals surface area contributed by atoms with Gasteiger partial charge in [0.2, 0.25) is 0 Å². The zero-order valence-corrected chi connectivity index (χ0v) is 12.1. The first kappa shape index (κ1) is 13.1. The minimum absolute atomic E-state index is 0.414. The molecule has 0 spiro atoms. The summed E-state index contributed by atoms with van der Waals surface area (Å²) in [5.74, 6) is 0.786. The molecule has 5 nitrogen and oxygen atoms in total. The molecule has 1 heterocycles. The van der Waals surface area contributed by atoms with E-state index in [-0.39, 0.29) is 0 Å². The van der Waals surface area contributed by atoms with Gasteiger partial charge in [-0.3, -0.25) is 0 Å². The number of nitrogens with zero attached hydrogens (tertiary/aromatic N) is 4. The number of hydrogen-bond donors (Lipinski definition) is 1. The maximum atomic E-state index is 6.17. The average Bonchev–Trinajstić information content (AvgIpc) is 3.02. The van der Waals surface area contributed by atoms with Crippen molar-refractivity contribution in [2.24, 2.45) is 5.41 Å². The normalized spacial score (nSPS) is 16.3. The van der Waals surface area contributed by atoms with Crippen LogP contribution in [0.4, 0.5) is 5.69 Å². The van der Waals surface area contributed by atoms with E-state index in [1.807, 2.05) is 29.8 Å². The highest BCUT2D eigenvalue weighted by molar-refractivity contribution is 5.73. The maximum Gasteiger partial charge on any atom is 0.184 e. The van der Waals surface area contributed by atoms with Crippen LogP contribution in [0.3, 0.4) is 0 Å². The van der Waals surface area contributed by atoms with Crippen LogP contribution in [0.1, 0.15) is 38.2 Å². The van der Waals surface area contributed by atoms with Gasteiger partial charge in [0.15, 0.2) is 5.82 Å². The predicted molar refractivity (Wildman–Crippen MR) is 79.0 cm³/mol. The molecule has 0 radical (unpaired) electrons. The van der Waals surface area contributed by atoms with E-state index in [4.69, 9.17) is 5.73 Å². The molecule has 20 heavy (non-hydrogen) atoms. The molecule has 0 atom stereocenters. The van der Waals surface area contributed by atoms with Crippen LogP contribution >= 0.6 is 0 Å². The third-order valence-corrected chi connectivity index (χ3v) is 4.32. The van der Waals surface area contributed by atoms with Gasteiger partial charge in [-0.1, -0.05) is 25.5 Å². The Hall–Kier alpha value is -1.91. The molecule has 0 unspecified atom stereocenters. The van der Waals surface area contributed by atoms with E-state index in [9.17, 15) is 0 Å². The standard InChI is InChI=1S/C15H21N5/c1-3-7-15(8-9-15)10-20-14(17-18-19-20)12-6-4-5-11(2)13(12)16/h4-6H,3,7-10,16H2,1-2H3. The van der Waals surface area contributed by atoms with Gasteiger partial charge in [0, 0.05) is 11.3 Å². The molecule has 0 aliphatic heterocycles. The van der Waals surface area contributed by atoms with Crippen molar-refractivity contribution < 1.29 is 0 Å². The van der Waals surface area contributed by atoms with Gasteiger partial charge in [-0.25, -0.2) is 4.68 Å². The van der Waals surface area contributed by atoms with Crippen molar-refractivity contribution in [1.29, 1.82) is 0 Å². The van der Waals surface area contributed by atoms with Crippen LogP contribution in [0.5, 0.6) is 0 Å². The second kappa shape index (κ2) is 4.89. The van der Waals surface area contributed by atoms with Crippen molar-refractivity contribution in [1.82, 2.24) is 20.2 Å². The van der Waals surface area contributed by atoms with Crippen LogP contribution in [0.15, 0.2) is 18.2 Å². The molecule has 1 aromatic heterocycles. The van der Waals surface area contributed by atoms with E-state index in [0.717, 1.165) is 29.2 Å². The molecule has 1 fully saturated rings. The maximum absolute atomic E-state index is 6.17. The fourth-order valence-corrected chi connectivity index (χ4v) is 2.89. The molecule has 1 aliphatic carbocycles. The largest absolute Gasteiger partial charge is 0.398 e. The number of rotatable bonds is 5. The lowest BCUT2D eigenvalue weighted by Gasteiger charge is -2.15. The van der Waals surface area contributed by atoms with E-state index < -0.39 is 0 Å². The lowest BCUT2D eigenvalue weighted by molar-refractivity contribution is 0.365. The number of anilines is 1. The average molecular weight is 271 g/mol. The zero-order chi connectivity index (χ0) is 14.2. The monoisotopic (exact) mass is 271 g/mol. The summed E-state index contributed by atoms with van der Waals surface area (Å²) in [6.45, 7) is 5.14. The summed E-state index contributed by atoms with van der Waals surface area (Å²) in [6, 6.07) is 6.00. The Bertz CT molecular complexity index is 612. The molecule has 1 saturated carbocycles. The molecular weight excluding hydrogens is 250 g/mol. The first-order chi connectivity index (χ1) is 9.65. The molecule has 5 heteroatoms. The second-order valence-electron chi connectivity index (χ2n) is 5.95. The van der Waals surface area contributed by atoms with Gasteiger partial charge in [-0.15, -0.1) is 5.10 Å². The zero-order valence-electron chi connectivity index (χ0n) is 12.1. The van der Waals surface area contributed by atoms with E-state index in [0.29, 0.717) is 5.41 Å². The van der Waals surface area contributed by atoms with Crippen LogP contribution in [0.2, 0.25) is 0 Å². The number of aromatic nitrogens is 4. The third kappa shape index (κ3) is 2.28. The van der Waals surface area contributed by atoms with Crippen LogP contribution < -0.4 is 5.73 Å². The lowest BCUT2D eigenvalue weighted by Crippen LogP contribution is -2.14. The number of para-hydroxylation sites is 1. The number of aryl methyl sites for hydroxylation is 1. The fraction of sp³-hybridized carbons (Fsp3) is 0.533. The Morgan fingerprint density at radius 1 is 1.35 bits per heavy atom. The molecule has 106 valence electrons. The highest BCUT2D eigenvalue weighted by Gasteiger charge is 2.42. The summed E-state index contributed by atoms with van der Waals surface area (Å²) in [5, 5.41) is 12.2. The lowest BCUT2D eigenvalue weighted by atomic mass is 10.0. The van der Waals surface area contributed by atoms with E-state index in [1.165, 1.54) is 25.7 Å². The van der Waals surface area contributed by atoms with E-state index in [1.54, 1.807) is 0 Å². The van der Waals surface area contributed by atoms with Crippen molar-refractivity contribution in [3.63, 3.8) is 0 Å². The molecule has 2 N–H and O–H groups in total. The minimum atomic E-state index is 0.414. The summed E-state index contributed by atoms with van der Waals surface area (Å²) in [7, 11) is 0. The smallest absolute Gasteiger partial charge is 0.184 e. The number of benzene rings is 1. The first-order valence-corrected chi connectivity index (χ1v) is 7.27. The third-order valence-electron chi connectivity index (χ3n) is 4.32. The van der Waals surface area contributed by atoms with Crippen LogP contribution in [0.25, 0.3) is 11.4 Å². The van der Waals surface area contributed by atoms with Crippen LogP contribution in [-0.2, 0) is 6.54 Å². The molecule has 0 bridgehead atoms. The molecule has 3 rings (SSSR count). The Morgan fingerprint density at radius 3 is 2.85 bits per heavy atom. The summed E-state index contributed by atoms with van der Waals surface area (Å²) in [5.41, 5.74) is 9.35. The minimum Gasteiger partial charge on any atom is -0.398 e. The Labute approximate surface area is 119 Å². The molecule has 0 amide bonds. The molecule has 0 saturated heterocycles. The quantitative estimate of drug-likeness (QED) is 0.849. The summed E-state index contributed by atoms with van der Waals surface area (Å²) >= 11 is 0. The van der Waals surface area contributed by atoms with Crippen molar-refractivity contribution in [3.05, 3.63) is 23.8 Å². The fourth-order valence-electron chi connectivity index (χ4n) is 2.89. The molecule has 1 aliphatic rings. The van der Waals surface area contributed by atoms with Gasteiger partial charge in [-0.2, -0.15) is 0 Å². The van der Waals surface area contributed by atoms with Gasteiger partial charge >= 0.3 is 0 Å². The van der Waals surface area contributed by atoms with Gasteiger partial charge in [-0.05, 0) is 53.7 Å². The molecular formula is C15H21N5. The van der Waals surface area contributed by atoms with Gasteiger partial charge in [0.05, 0.1) is 6.54 Å². The van der Waals surface area contributed by atoms with Gasteiger partial charge in [0.25, 0.3) is 0 Å². The van der Waals surface area contributed by atoms with Crippen molar-refractivity contribution in [2.45, 2.75) is 46.1 Å². The Balaban J connectivity index is 1.92. The molecule has 1 aromatic carbocycles. The topological polar surface area (TPSA) is 69.6 Å². The Kier molecular flexibility index (Phi) is 3.20. The number of nitrogens with two attached hydrogens (primary N) is 1. The number of tetrazole rings is 1. The highest BCUT2D eigenvalue weighted by Crippen LogP contribution is 2.51. The predicted octanol–water partition coefficient (Wildman–Crippen LogP) is 2.81. The van der Waals surface area contributed by atoms with Gasteiger partial charge < -0.3 is 5.73 Å². The van der Waals surface area contributed by atoms with Crippen LogP contribution in [0, 0.1) is 12.3 Å².